The third-order valence-electron chi connectivity index (χ3n) is 7.15. The van der Waals surface area contributed by atoms with E-state index >= 15 is 0 Å². The quantitative estimate of drug-likeness (QED) is 0.214. The number of halogens is 2. The summed E-state index contributed by atoms with van der Waals surface area (Å²) in [5, 5.41) is 0. The molecule has 3 aromatic rings. The van der Waals surface area contributed by atoms with E-state index in [1.807, 2.05) is 31.2 Å². The van der Waals surface area contributed by atoms with E-state index in [1.54, 1.807) is 30.3 Å². The number of hydrogen-bond acceptors (Lipinski definition) is 4. The Morgan fingerprint density at radius 3 is 2.05 bits per heavy atom. The molecule has 38 heavy (non-hydrogen) atoms. The highest BCUT2D eigenvalue weighted by atomic mass is 19.1. The van der Waals surface area contributed by atoms with Crippen LogP contribution in [0.2, 0.25) is 0 Å². The van der Waals surface area contributed by atoms with Crippen LogP contribution in [0.3, 0.4) is 0 Å². The number of esters is 1. The maximum absolute atomic E-state index is 13.5. The number of benzene rings is 3. The van der Waals surface area contributed by atoms with E-state index < -0.39 is 6.10 Å². The summed E-state index contributed by atoms with van der Waals surface area (Å²) in [5.41, 5.74) is 2.78. The van der Waals surface area contributed by atoms with Crippen molar-refractivity contribution in [1.82, 2.24) is 4.90 Å². The maximum atomic E-state index is 13.5. The summed E-state index contributed by atoms with van der Waals surface area (Å²) in [6.45, 7) is 5.14. The average Bonchev–Trinajstić information content (AvgIpc) is 2.93. The molecular formula is C32H35F2NO3. The second-order valence-electron chi connectivity index (χ2n) is 9.81. The Morgan fingerprint density at radius 1 is 0.921 bits per heavy atom. The smallest absolute Gasteiger partial charge is 0.330 e. The van der Waals surface area contributed by atoms with Crippen LogP contribution < -0.4 is 0 Å². The highest BCUT2D eigenvalue weighted by Crippen LogP contribution is 2.37. The first-order valence-electron chi connectivity index (χ1n) is 13.2. The summed E-state index contributed by atoms with van der Waals surface area (Å²) in [6.07, 6.45) is 5.91. The molecule has 0 N–H and O–H groups in total. The lowest BCUT2D eigenvalue weighted by atomic mass is 9.73. The molecule has 0 aliphatic carbocycles. The molecular weight excluding hydrogens is 484 g/mol. The molecule has 1 saturated heterocycles. The van der Waals surface area contributed by atoms with Crippen LogP contribution in [-0.4, -0.2) is 43.7 Å². The Labute approximate surface area is 223 Å². The molecule has 0 atom stereocenters. The molecule has 200 valence electrons. The number of nitrogens with zero attached hydrogens (tertiary/aromatic N) is 1. The predicted octanol–water partition coefficient (Wildman–Crippen LogP) is 6.52. The topological polar surface area (TPSA) is 38.8 Å². The van der Waals surface area contributed by atoms with E-state index in [9.17, 15) is 13.6 Å². The number of piperidine rings is 1. The largest absolute Gasteiger partial charge is 0.463 e. The minimum Gasteiger partial charge on any atom is -0.463 e. The number of likely N-dealkylation sites (tertiary alicyclic amines) is 1. The lowest BCUT2D eigenvalue weighted by Gasteiger charge is -2.40. The van der Waals surface area contributed by atoms with Crippen LogP contribution in [0.4, 0.5) is 8.78 Å². The van der Waals surface area contributed by atoms with Crippen molar-refractivity contribution in [3.8, 4) is 0 Å². The molecule has 0 radical (unpaired) electrons. The Morgan fingerprint density at radius 2 is 1.50 bits per heavy atom. The van der Waals surface area contributed by atoms with Gasteiger partial charge >= 0.3 is 5.97 Å². The Bertz CT molecular complexity index is 1130. The monoisotopic (exact) mass is 519 g/mol. The van der Waals surface area contributed by atoms with Gasteiger partial charge in [0.15, 0.2) is 0 Å². The van der Waals surface area contributed by atoms with Crippen molar-refractivity contribution < 1.29 is 23.0 Å². The fourth-order valence-electron chi connectivity index (χ4n) is 5.02. The van der Waals surface area contributed by atoms with Gasteiger partial charge in [-0.15, -0.1) is 0 Å². The second-order valence-corrected chi connectivity index (χ2v) is 9.81. The first kappa shape index (κ1) is 27.7. The molecule has 1 fully saturated rings. The van der Waals surface area contributed by atoms with Crippen molar-refractivity contribution in [2.24, 2.45) is 5.41 Å². The van der Waals surface area contributed by atoms with E-state index in [1.165, 1.54) is 29.8 Å². The van der Waals surface area contributed by atoms with Crippen molar-refractivity contribution in [1.29, 1.82) is 0 Å². The number of carbonyl (C=O) groups excluding carboxylic acids is 1. The van der Waals surface area contributed by atoms with Crippen LogP contribution in [0.1, 0.15) is 42.6 Å². The molecule has 0 amide bonds. The molecule has 1 heterocycles. The van der Waals surface area contributed by atoms with Crippen LogP contribution >= 0.6 is 0 Å². The molecule has 0 bridgehead atoms. The standard InChI is InChI=1S/C32H35F2NO3/c1-2-37-30(36)16-17-32(24-25-6-4-3-5-7-25)18-20-35(21-19-32)22-23-38-31(26-8-12-28(33)13-9-26)27-10-14-29(34)15-11-27/h3-17,31H,2,18-24H2,1H3/b17-16+. The summed E-state index contributed by atoms with van der Waals surface area (Å²) in [4.78, 5) is 14.4. The van der Waals surface area contributed by atoms with Crippen molar-refractivity contribution in [2.75, 3.05) is 32.8 Å². The molecule has 4 nitrogen and oxygen atoms in total. The van der Waals surface area contributed by atoms with Crippen molar-refractivity contribution in [3.63, 3.8) is 0 Å². The zero-order chi connectivity index (χ0) is 26.8. The minimum atomic E-state index is -0.411. The summed E-state index contributed by atoms with van der Waals surface area (Å²) < 4.78 is 38.4. The van der Waals surface area contributed by atoms with Gasteiger partial charge in [0, 0.05) is 12.6 Å². The van der Waals surface area contributed by atoms with Gasteiger partial charge in [-0.3, -0.25) is 0 Å². The number of hydrogen-bond donors (Lipinski definition) is 0. The fraction of sp³-hybridized carbons (Fsp3) is 0.344. The van der Waals surface area contributed by atoms with E-state index in [0.29, 0.717) is 13.2 Å². The van der Waals surface area contributed by atoms with Gasteiger partial charge in [0.25, 0.3) is 0 Å². The maximum Gasteiger partial charge on any atom is 0.330 e. The van der Waals surface area contributed by atoms with Gasteiger partial charge in [-0.25, -0.2) is 13.6 Å². The fourth-order valence-corrected chi connectivity index (χ4v) is 5.02. The minimum absolute atomic E-state index is 0.115. The van der Waals surface area contributed by atoms with E-state index in [-0.39, 0.29) is 23.0 Å². The normalized spacial score (nSPS) is 15.7. The molecule has 1 aliphatic rings. The predicted molar refractivity (Wildman–Crippen MR) is 145 cm³/mol. The third-order valence-corrected chi connectivity index (χ3v) is 7.15. The molecule has 0 spiro atoms. The van der Waals surface area contributed by atoms with E-state index in [2.05, 4.69) is 17.0 Å². The number of carbonyl (C=O) groups is 1. The second kappa shape index (κ2) is 13.4. The van der Waals surface area contributed by atoms with E-state index in [0.717, 1.165) is 50.0 Å². The van der Waals surface area contributed by atoms with Crippen LogP contribution in [0.15, 0.2) is 91.0 Å². The van der Waals surface area contributed by atoms with Crippen LogP contribution in [0.25, 0.3) is 0 Å². The van der Waals surface area contributed by atoms with Gasteiger partial charge in [0.2, 0.25) is 0 Å². The number of ether oxygens (including phenoxy) is 2. The lowest BCUT2D eigenvalue weighted by molar-refractivity contribution is -0.137. The first-order chi connectivity index (χ1) is 18.5. The van der Waals surface area contributed by atoms with Gasteiger partial charge in [-0.2, -0.15) is 0 Å². The molecule has 0 saturated carbocycles. The van der Waals surface area contributed by atoms with Crippen molar-refractivity contribution >= 4 is 5.97 Å². The third kappa shape index (κ3) is 7.83. The molecule has 3 aromatic carbocycles. The Balaban J connectivity index is 1.38. The van der Waals surface area contributed by atoms with Gasteiger partial charge < -0.3 is 14.4 Å². The van der Waals surface area contributed by atoms with Gasteiger partial charge in [0.1, 0.15) is 17.7 Å². The van der Waals surface area contributed by atoms with E-state index in [4.69, 9.17) is 9.47 Å². The zero-order valence-corrected chi connectivity index (χ0v) is 21.8. The Hall–Kier alpha value is -3.35. The summed E-state index contributed by atoms with van der Waals surface area (Å²) in [5.74, 6) is -0.921. The Kier molecular flexibility index (Phi) is 9.79. The molecule has 0 unspecified atom stereocenters. The van der Waals surface area contributed by atoms with Crippen LogP contribution in [-0.2, 0) is 20.7 Å². The average molecular weight is 520 g/mol. The van der Waals surface area contributed by atoms with Crippen LogP contribution in [0.5, 0.6) is 0 Å². The zero-order valence-electron chi connectivity index (χ0n) is 21.8. The molecule has 4 rings (SSSR count). The SMILES string of the molecule is CCOC(=O)/C=C/C1(Cc2ccccc2)CCN(CCOC(c2ccc(F)cc2)c2ccc(F)cc2)CC1. The number of allylic oxidation sites excluding steroid dienone is 1. The summed E-state index contributed by atoms with van der Waals surface area (Å²) in [6, 6.07) is 22.8. The summed E-state index contributed by atoms with van der Waals surface area (Å²) in [7, 11) is 0. The molecule has 6 heteroatoms. The number of rotatable bonds is 11. The molecule has 1 aliphatic heterocycles. The van der Waals surface area contributed by atoms with Crippen molar-refractivity contribution in [3.05, 3.63) is 119 Å². The summed E-state index contributed by atoms with van der Waals surface area (Å²) >= 11 is 0. The van der Waals surface area contributed by atoms with Gasteiger partial charge in [0.05, 0.1) is 13.2 Å². The highest BCUT2D eigenvalue weighted by Gasteiger charge is 2.33. The lowest BCUT2D eigenvalue weighted by Crippen LogP contribution is -2.41. The van der Waals surface area contributed by atoms with Crippen molar-refractivity contribution in [2.45, 2.75) is 32.3 Å². The first-order valence-corrected chi connectivity index (χ1v) is 13.2. The van der Waals surface area contributed by atoms with Gasteiger partial charge in [-0.05, 0) is 85.6 Å². The van der Waals surface area contributed by atoms with Gasteiger partial charge in [-0.1, -0.05) is 60.7 Å². The van der Waals surface area contributed by atoms with Crippen LogP contribution in [0, 0.1) is 17.0 Å². The molecule has 0 aromatic heterocycles. The highest BCUT2D eigenvalue weighted by molar-refractivity contribution is 5.82.